The second kappa shape index (κ2) is 8.27. The van der Waals surface area contributed by atoms with Crippen LogP contribution in [0, 0.1) is 9.81 Å². The van der Waals surface area contributed by atoms with Crippen LogP contribution >= 0.6 is 0 Å². The van der Waals surface area contributed by atoms with E-state index in [1.54, 1.807) is 31.4 Å². The number of aromatic nitrogens is 2. The number of rotatable bonds is 6. The fourth-order valence-electron chi connectivity index (χ4n) is 2.66. The van der Waals surface area contributed by atoms with Crippen molar-refractivity contribution in [1.82, 2.24) is 15.0 Å². The van der Waals surface area contributed by atoms with Gasteiger partial charge in [-0.1, -0.05) is 12.1 Å². The van der Waals surface area contributed by atoms with E-state index in [4.69, 9.17) is 10.6 Å². The summed E-state index contributed by atoms with van der Waals surface area (Å²) in [6, 6.07) is 10.5. The molecule has 2 aromatic heterocycles. The molecule has 0 saturated carbocycles. The average molecular weight is 394 g/mol. The first-order valence-electron chi connectivity index (χ1n) is 8.18. The van der Waals surface area contributed by atoms with Gasteiger partial charge >= 0.3 is 5.91 Å². The van der Waals surface area contributed by atoms with E-state index in [-0.39, 0.29) is 16.8 Å². The number of ether oxygens (including phenoxy) is 1. The first-order chi connectivity index (χ1) is 14.0. The lowest BCUT2D eigenvalue weighted by Gasteiger charge is -2.14. The van der Waals surface area contributed by atoms with E-state index in [9.17, 15) is 19.4 Å². The zero-order chi connectivity index (χ0) is 21.0. The number of benzene rings is 1. The Morgan fingerprint density at radius 1 is 1.21 bits per heavy atom. The molecule has 2 heterocycles. The standard InChI is InChI=1S/C18H14N6O5/c1-29-11-4-2-3-10(7-11)13-6-5-12-14(21-13)8-20-17(16(12)23-28)18(26)24(19)9-15(25)22-27/h2-8H,9,19H2,1H3. The van der Waals surface area contributed by atoms with Crippen molar-refractivity contribution in [3.63, 3.8) is 0 Å². The third-order valence-electron chi connectivity index (χ3n) is 4.05. The molecule has 0 aliphatic rings. The van der Waals surface area contributed by atoms with Gasteiger partial charge in [0.15, 0.2) is 5.69 Å². The topological polar surface area (TPSA) is 157 Å². The molecule has 0 radical (unpaired) electrons. The summed E-state index contributed by atoms with van der Waals surface area (Å²) in [7, 11) is 1.55. The molecule has 0 fully saturated rings. The average Bonchev–Trinajstić information content (AvgIpc) is 2.77. The second-order valence-corrected chi connectivity index (χ2v) is 5.83. The van der Waals surface area contributed by atoms with Crippen LogP contribution in [0.1, 0.15) is 10.5 Å². The maximum absolute atomic E-state index is 12.4. The van der Waals surface area contributed by atoms with Gasteiger partial charge in [-0.15, -0.1) is 9.81 Å². The highest BCUT2D eigenvalue weighted by molar-refractivity contribution is 6.05. The first kappa shape index (κ1) is 19.6. The Bertz CT molecular complexity index is 1130. The highest BCUT2D eigenvalue weighted by Gasteiger charge is 2.23. The highest BCUT2D eigenvalue weighted by atomic mass is 16.5. The molecular weight excluding hydrogens is 380 g/mol. The Labute approximate surface area is 163 Å². The predicted molar refractivity (Wildman–Crippen MR) is 103 cm³/mol. The molecule has 0 aliphatic carbocycles. The van der Waals surface area contributed by atoms with Crippen molar-refractivity contribution < 1.29 is 14.3 Å². The van der Waals surface area contributed by atoms with E-state index in [0.717, 1.165) is 5.56 Å². The van der Waals surface area contributed by atoms with Crippen LogP contribution in [0.3, 0.4) is 0 Å². The third kappa shape index (κ3) is 3.94. The van der Waals surface area contributed by atoms with Gasteiger partial charge in [0.2, 0.25) is 0 Å². The van der Waals surface area contributed by atoms with Gasteiger partial charge < -0.3 is 4.74 Å². The van der Waals surface area contributed by atoms with Gasteiger partial charge in [0.1, 0.15) is 18.0 Å². The van der Waals surface area contributed by atoms with E-state index < -0.39 is 18.4 Å². The first-order valence-corrected chi connectivity index (χ1v) is 8.18. The minimum atomic E-state index is -1.15. The van der Waals surface area contributed by atoms with Crippen LogP contribution in [-0.4, -0.2) is 40.4 Å². The maximum atomic E-state index is 12.4. The lowest BCUT2D eigenvalue weighted by molar-refractivity contribution is -0.118. The SMILES string of the molecule is COc1cccc(-c2ccc3c(N=O)c(C(=O)N(N)CC(=O)N=O)ncc3n2)c1. The molecule has 11 nitrogen and oxygen atoms in total. The number of nitroso groups, excluding NO2 is 2. The minimum Gasteiger partial charge on any atom is -0.497 e. The van der Waals surface area contributed by atoms with Gasteiger partial charge in [0.25, 0.3) is 5.91 Å². The van der Waals surface area contributed by atoms with E-state index in [0.29, 0.717) is 22.0 Å². The van der Waals surface area contributed by atoms with Gasteiger partial charge in [-0.3, -0.25) is 14.6 Å². The molecule has 2 N–H and O–H groups in total. The molecule has 3 rings (SSSR count). The monoisotopic (exact) mass is 394 g/mol. The van der Waals surface area contributed by atoms with Crippen LogP contribution in [0.25, 0.3) is 22.2 Å². The Kier molecular flexibility index (Phi) is 5.60. The molecule has 29 heavy (non-hydrogen) atoms. The van der Waals surface area contributed by atoms with Crippen LogP contribution in [0.15, 0.2) is 52.9 Å². The van der Waals surface area contributed by atoms with Crippen molar-refractivity contribution in [2.45, 2.75) is 0 Å². The molecule has 146 valence electrons. The highest BCUT2D eigenvalue weighted by Crippen LogP contribution is 2.31. The van der Waals surface area contributed by atoms with Gasteiger partial charge in [-0.25, -0.2) is 15.8 Å². The number of fused-ring (bicyclic) bond motifs is 1. The van der Waals surface area contributed by atoms with Crippen molar-refractivity contribution in [3.05, 3.63) is 58.1 Å². The molecule has 3 aromatic rings. The van der Waals surface area contributed by atoms with Crippen molar-refractivity contribution in [2.75, 3.05) is 13.7 Å². The Balaban J connectivity index is 2.03. The summed E-state index contributed by atoms with van der Waals surface area (Å²) in [5, 5.41) is 5.76. The number of hydrazine groups is 1. The summed E-state index contributed by atoms with van der Waals surface area (Å²) in [5.74, 6) is 4.02. The van der Waals surface area contributed by atoms with Crippen LogP contribution in [0.5, 0.6) is 5.75 Å². The van der Waals surface area contributed by atoms with Crippen LogP contribution in [-0.2, 0) is 4.79 Å². The fourth-order valence-corrected chi connectivity index (χ4v) is 2.66. The van der Waals surface area contributed by atoms with Gasteiger partial charge in [0, 0.05) is 16.1 Å². The summed E-state index contributed by atoms with van der Waals surface area (Å²) >= 11 is 0. The van der Waals surface area contributed by atoms with Gasteiger partial charge in [-0.05, 0) is 29.4 Å². The number of carbonyl (C=O) groups excluding carboxylic acids is 2. The lowest BCUT2D eigenvalue weighted by atomic mass is 10.1. The smallest absolute Gasteiger partial charge is 0.307 e. The van der Waals surface area contributed by atoms with E-state index in [1.165, 1.54) is 6.20 Å². The molecular formula is C18H14N6O5. The molecule has 11 heteroatoms. The number of nitrogens with two attached hydrogens (primary N) is 1. The fraction of sp³-hybridized carbons (Fsp3) is 0.111. The normalized spacial score (nSPS) is 10.4. The number of amides is 2. The van der Waals surface area contributed by atoms with Crippen molar-refractivity contribution in [2.24, 2.45) is 16.2 Å². The number of methoxy groups -OCH3 is 1. The van der Waals surface area contributed by atoms with Crippen LogP contribution < -0.4 is 10.6 Å². The largest absolute Gasteiger partial charge is 0.497 e. The molecule has 0 unspecified atom stereocenters. The van der Waals surface area contributed by atoms with Crippen LogP contribution in [0.4, 0.5) is 5.69 Å². The van der Waals surface area contributed by atoms with Crippen LogP contribution in [0.2, 0.25) is 0 Å². The molecule has 0 saturated heterocycles. The summed E-state index contributed by atoms with van der Waals surface area (Å²) in [4.78, 5) is 53.4. The Morgan fingerprint density at radius 2 is 2.00 bits per heavy atom. The second-order valence-electron chi connectivity index (χ2n) is 5.83. The molecule has 0 bridgehead atoms. The maximum Gasteiger partial charge on any atom is 0.307 e. The number of nitrogens with zero attached hydrogens (tertiary/aromatic N) is 5. The number of carbonyl (C=O) groups is 2. The molecule has 2 amide bonds. The molecule has 1 aromatic carbocycles. The van der Waals surface area contributed by atoms with Crippen molar-refractivity contribution in [3.8, 4) is 17.0 Å². The molecule has 0 aliphatic heterocycles. The number of hydrogen-bond donors (Lipinski definition) is 1. The Morgan fingerprint density at radius 3 is 2.69 bits per heavy atom. The molecule has 0 spiro atoms. The summed E-state index contributed by atoms with van der Waals surface area (Å²) in [6.45, 7) is -0.757. The van der Waals surface area contributed by atoms with Crippen molar-refractivity contribution >= 4 is 28.4 Å². The van der Waals surface area contributed by atoms with Gasteiger partial charge in [0.05, 0.1) is 24.5 Å². The van der Waals surface area contributed by atoms with E-state index in [2.05, 4.69) is 20.3 Å². The molecule has 0 atom stereocenters. The predicted octanol–water partition coefficient (Wildman–Crippen LogP) is 2.31. The Hall–Kier alpha value is -4.12. The number of hydrogen-bond acceptors (Lipinski definition) is 9. The zero-order valence-corrected chi connectivity index (χ0v) is 15.1. The third-order valence-corrected chi connectivity index (χ3v) is 4.05. The lowest BCUT2D eigenvalue weighted by Crippen LogP contribution is -2.41. The van der Waals surface area contributed by atoms with E-state index in [1.807, 2.05) is 12.1 Å². The zero-order valence-electron chi connectivity index (χ0n) is 15.1. The van der Waals surface area contributed by atoms with Gasteiger partial charge in [-0.2, -0.15) is 0 Å². The summed E-state index contributed by atoms with van der Waals surface area (Å²) in [6.07, 6.45) is 1.29. The van der Waals surface area contributed by atoms with Crippen molar-refractivity contribution in [1.29, 1.82) is 0 Å². The van der Waals surface area contributed by atoms with E-state index >= 15 is 0 Å². The quantitative estimate of drug-likeness (QED) is 0.289. The number of pyridine rings is 2. The summed E-state index contributed by atoms with van der Waals surface area (Å²) < 4.78 is 5.20. The minimum absolute atomic E-state index is 0.276. The summed E-state index contributed by atoms with van der Waals surface area (Å²) in [5.41, 5.74) is 1.05.